The Morgan fingerprint density at radius 1 is 1.28 bits per heavy atom. The van der Waals surface area contributed by atoms with E-state index in [1.54, 1.807) is 0 Å². The van der Waals surface area contributed by atoms with Gasteiger partial charge in [0.15, 0.2) is 0 Å². The van der Waals surface area contributed by atoms with Crippen molar-refractivity contribution in [3.8, 4) is 0 Å². The Morgan fingerprint density at radius 2 is 1.94 bits per heavy atom. The third-order valence-corrected chi connectivity index (χ3v) is 5.22. The lowest BCUT2D eigenvalue weighted by Crippen LogP contribution is -2.51. The van der Waals surface area contributed by atoms with Crippen LogP contribution in [-0.4, -0.2) is 16.8 Å². The SMILES string of the molecule is CCCCCCC(=O)NC1(CBr)CCC(C)CC1. The van der Waals surface area contributed by atoms with Gasteiger partial charge in [-0.1, -0.05) is 49.0 Å². The molecule has 0 aromatic heterocycles. The van der Waals surface area contributed by atoms with Crippen LogP contribution in [-0.2, 0) is 4.79 Å². The smallest absolute Gasteiger partial charge is 0.220 e. The Hall–Kier alpha value is -0.0500. The number of alkyl halides is 1. The number of nitrogens with one attached hydrogen (secondary N) is 1. The lowest BCUT2D eigenvalue weighted by molar-refractivity contribution is -0.123. The molecule has 0 unspecified atom stereocenters. The van der Waals surface area contributed by atoms with Gasteiger partial charge in [-0.25, -0.2) is 0 Å². The van der Waals surface area contributed by atoms with Gasteiger partial charge in [0.05, 0.1) is 0 Å². The highest BCUT2D eigenvalue weighted by molar-refractivity contribution is 9.09. The summed E-state index contributed by atoms with van der Waals surface area (Å²) in [7, 11) is 0. The Bertz CT molecular complexity index is 247. The van der Waals surface area contributed by atoms with Gasteiger partial charge in [-0.15, -0.1) is 0 Å². The van der Waals surface area contributed by atoms with Crippen LogP contribution < -0.4 is 5.32 Å². The molecule has 0 aromatic rings. The highest BCUT2D eigenvalue weighted by Crippen LogP contribution is 2.33. The Kier molecular flexibility index (Phi) is 7.28. The van der Waals surface area contributed by atoms with Crippen molar-refractivity contribution in [3.05, 3.63) is 0 Å². The predicted octanol–water partition coefficient (Wildman–Crippen LogP) is 4.42. The van der Waals surface area contributed by atoms with Gasteiger partial charge in [-0.2, -0.15) is 0 Å². The minimum atomic E-state index is 0.0361. The Balaban J connectivity index is 2.31. The summed E-state index contributed by atoms with van der Waals surface area (Å²) in [5.41, 5.74) is 0.0361. The van der Waals surface area contributed by atoms with Crippen molar-refractivity contribution in [2.45, 2.75) is 77.2 Å². The number of amides is 1. The molecule has 0 spiro atoms. The standard InChI is InChI=1S/C15H28BrNO/c1-3-4-5-6-7-14(18)17-15(12-16)10-8-13(2)9-11-15/h13H,3-12H2,1-2H3,(H,17,18). The van der Waals surface area contributed by atoms with E-state index in [4.69, 9.17) is 0 Å². The lowest BCUT2D eigenvalue weighted by atomic mass is 9.78. The molecule has 1 saturated carbocycles. The first kappa shape index (κ1) is 16.0. The summed E-state index contributed by atoms with van der Waals surface area (Å²) < 4.78 is 0. The zero-order chi connectivity index (χ0) is 13.4. The molecule has 1 aliphatic carbocycles. The maximum atomic E-state index is 12.0. The molecule has 1 fully saturated rings. The summed E-state index contributed by atoms with van der Waals surface area (Å²) in [6, 6.07) is 0. The van der Waals surface area contributed by atoms with Crippen LogP contribution in [0.3, 0.4) is 0 Å². The van der Waals surface area contributed by atoms with E-state index in [0.29, 0.717) is 6.42 Å². The van der Waals surface area contributed by atoms with E-state index in [0.717, 1.165) is 30.5 Å². The van der Waals surface area contributed by atoms with Crippen LogP contribution in [0.5, 0.6) is 0 Å². The van der Waals surface area contributed by atoms with E-state index in [1.165, 1.54) is 32.1 Å². The molecule has 1 aliphatic rings. The minimum Gasteiger partial charge on any atom is -0.350 e. The van der Waals surface area contributed by atoms with Gasteiger partial charge in [0.2, 0.25) is 5.91 Å². The first-order valence-corrected chi connectivity index (χ1v) is 8.61. The lowest BCUT2D eigenvalue weighted by Gasteiger charge is -2.39. The molecule has 0 aliphatic heterocycles. The second-order valence-electron chi connectivity index (χ2n) is 5.96. The number of carbonyl (C=O) groups is 1. The van der Waals surface area contributed by atoms with Crippen molar-refractivity contribution < 1.29 is 4.79 Å². The second-order valence-corrected chi connectivity index (χ2v) is 6.52. The third-order valence-electron chi connectivity index (χ3n) is 4.15. The molecule has 0 bridgehead atoms. The number of unbranched alkanes of at least 4 members (excludes halogenated alkanes) is 3. The van der Waals surface area contributed by atoms with Gasteiger partial charge in [0.1, 0.15) is 0 Å². The molecule has 0 radical (unpaired) electrons. The molecular formula is C15H28BrNO. The van der Waals surface area contributed by atoms with Gasteiger partial charge in [0.25, 0.3) is 0 Å². The number of carbonyl (C=O) groups excluding carboxylic acids is 1. The monoisotopic (exact) mass is 317 g/mol. The largest absolute Gasteiger partial charge is 0.350 e. The van der Waals surface area contributed by atoms with Crippen molar-refractivity contribution in [3.63, 3.8) is 0 Å². The van der Waals surface area contributed by atoms with Crippen molar-refractivity contribution >= 4 is 21.8 Å². The van der Waals surface area contributed by atoms with Gasteiger partial charge in [0, 0.05) is 17.3 Å². The molecule has 1 amide bonds. The maximum absolute atomic E-state index is 12.0. The zero-order valence-electron chi connectivity index (χ0n) is 11.9. The summed E-state index contributed by atoms with van der Waals surface area (Å²) in [5, 5.41) is 4.19. The highest BCUT2D eigenvalue weighted by Gasteiger charge is 2.34. The quantitative estimate of drug-likeness (QED) is 0.546. The topological polar surface area (TPSA) is 29.1 Å². The normalized spacial score (nSPS) is 28.1. The summed E-state index contributed by atoms with van der Waals surface area (Å²) >= 11 is 3.59. The summed E-state index contributed by atoms with van der Waals surface area (Å²) in [6.45, 7) is 4.51. The van der Waals surface area contributed by atoms with E-state index >= 15 is 0 Å². The number of halogens is 1. The van der Waals surface area contributed by atoms with Gasteiger partial charge < -0.3 is 5.32 Å². The van der Waals surface area contributed by atoms with E-state index in [-0.39, 0.29) is 11.4 Å². The molecule has 0 saturated heterocycles. The number of hydrogen-bond donors (Lipinski definition) is 1. The fraction of sp³-hybridized carbons (Fsp3) is 0.933. The van der Waals surface area contributed by atoms with Crippen molar-refractivity contribution in [2.75, 3.05) is 5.33 Å². The predicted molar refractivity (Wildman–Crippen MR) is 81.1 cm³/mol. The second kappa shape index (κ2) is 8.19. The van der Waals surface area contributed by atoms with Gasteiger partial charge in [-0.05, 0) is 38.0 Å². The molecule has 0 heterocycles. The fourth-order valence-electron chi connectivity index (χ4n) is 2.68. The van der Waals surface area contributed by atoms with Crippen LogP contribution in [0.4, 0.5) is 0 Å². The Labute approximate surface area is 120 Å². The molecule has 18 heavy (non-hydrogen) atoms. The zero-order valence-corrected chi connectivity index (χ0v) is 13.5. The summed E-state index contributed by atoms with van der Waals surface area (Å²) in [4.78, 5) is 12.0. The highest BCUT2D eigenvalue weighted by atomic mass is 79.9. The summed E-state index contributed by atoms with van der Waals surface area (Å²) in [6.07, 6.45) is 10.1. The van der Waals surface area contributed by atoms with Gasteiger partial charge >= 0.3 is 0 Å². The number of hydrogen-bond acceptors (Lipinski definition) is 1. The molecule has 2 nitrogen and oxygen atoms in total. The van der Waals surface area contributed by atoms with Gasteiger partial charge in [-0.3, -0.25) is 4.79 Å². The third kappa shape index (κ3) is 5.29. The van der Waals surface area contributed by atoms with Crippen LogP contribution >= 0.6 is 15.9 Å². The molecule has 1 N–H and O–H groups in total. The number of rotatable bonds is 7. The molecule has 0 atom stereocenters. The van der Waals surface area contributed by atoms with Crippen LogP contribution in [0.25, 0.3) is 0 Å². The summed E-state index contributed by atoms with van der Waals surface area (Å²) in [5.74, 6) is 1.07. The van der Waals surface area contributed by atoms with Crippen LogP contribution in [0.2, 0.25) is 0 Å². The van der Waals surface area contributed by atoms with Crippen molar-refractivity contribution in [2.24, 2.45) is 5.92 Å². The van der Waals surface area contributed by atoms with E-state index in [1.807, 2.05) is 0 Å². The first-order valence-electron chi connectivity index (χ1n) is 7.49. The van der Waals surface area contributed by atoms with Crippen molar-refractivity contribution in [1.29, 1.82) is 0 Å². The molecule has 106 valence electrons. The minimum absolute atomic E-state index is 0.0361. The average molecular weight is 318 g/mol. The molecule has 0 aromatic carbocycles. The van der Waals surface area contributed by atoms with Crippen LogP contribution in [0.1, 0.15) is 71.6 Å². The average Bonchev–Trinajstić information content (AvgIpc) is 2.38. The fourth-order valence-corrected chi connectivity index (χ4v) is 3.38. The Morgan fingerprint density at radius 3 is 2.50 bits per heavy atom. The maximum Gasteiger partial charge on any atom is 0.220 e. The van der Waals surface area contributed by atoms with Crippen LogP contribution in [0.15, 0.2) is 0 Å². The molecule has 1 rings (SSSR count). The molecule has 3 heteroatoms. The van der Waals surface area contributed by atoms with E-state index < -0.39 is 0 Å². The van der Waals surface area contributed by atoms with E-state index in [9.17, 15) is 4.79 Å². The van der Waals surface area contributed by atoms with Crippen molar-refractivity contribution in [1.82, 2.24) is 5.32 Å². The van der Waals surface area contributed by atoms with E-state index in [2.05, 4.69) is 35.1 Å². The van der Waals surface area contributed by atoms with Crippen LogP contribution in [0, 0.1) is 5.92 Å². The molecular weight excluding hydrogens is 290 g/mol. The first-order chi connectivity index (χ1) is 8.62.